The number of sulfonamides is 1. The molecule has 5 heteroatoms. The van der Waals surface area contributed by atoms with Crippen LogP contribution in [0.1, 0.15) is 51.7 Å². The fraction of sp³-hybridized carbons (Fsp3) is 0.647. The second-order valence-electron chi connectivity index (χ2n) is 7.18. The summed E-state index contributed by atoms with van der Waals surface area (Å²) in [6, 6.07) is 5.77. The van der Waals surface area contributed by atoms with Crippen LogP contribution in [-0.2, 0) is 20.2 Å². The lowest BCUT2D eigenvalue weighted by Gasteiger charge is -2.30. The van der Waals surface area contributed by atoms with E-state index in [1.165, 1.54) is 9.87 Å². The number of rotatable bonds is 3. The van der Waals surface area contributed by atoms with Crippen LogP contribution in [0.4, 0.5) is 0 Å². The smallest absolute Gasteiger partial charge is 0.243 e. The van der Waals surface area contributed by atoms with Gasteiger partial charge in [-0.25, -0.2) is 8.42 Å². The monoisotopic (exact) mass is 325 g/mol. The molecule has 1 heterocycles. The van der Waals surface area contributed by atoms with Crippen LogP contribution in [-0.4, -0.2) is 39.0 Å². The van der Waals surface area contributed by atoms with E-state index in [1.807, 2.05) is 6.07 Å². The SMILES string of the molecule is CC(C)c1ccc(S(=O)(=O)N2CCOCC2)c(C(C)(C)C)c1. The lowest BCUT2D eigenvalue weighted by atomic mass is 9.85. The highest BCUT2D eigenvalue weighted by atomic mass is 32.2. The molecular formula is C17H27NO3S. The van der Waals surface area contributed by atoms with Crippen LogP contribution in [0.5, 0.6) is 0 Å². The fourth-order valence-electron chi connectivity index (χ4n) is 2.64. The first-order valence-corrected chi connectivity index (χ1v) is 9.30. The molecule has 0 atom stereocenters. The van der Waals surface area contributed by atoms with Gasteiger partial charge in [-0.2, -0.15) is 4.31 Å². The Kier molecular flexibility index (Phi) is 5.00. The molecule has 1 aliphatic rings. The van der Waals surface area contributed by atoms with E-state index < -0.39 is 10.0 Å². The van der Waals surface area contributed by atoms with Crippen LogP contribution in [0.3, 0.4) is 0 Å². The molecule has 1 aromatic rings. The Bertz CT molecular complexity index is 624. The van der Waals surface area contributed by atoms with E-state index in [2.05, 4.69) is 40.7 Å². The molecule has 1 aromatic carbocycles. The minimum atomic E-state index is -3.46. The van der Waals surface area contributed by atoms with Gasteiger partial charge in [-0.1, -0.05) is 46.8 Å². The van der Waals surface area contributed by atoms with Gasteiger partial charge in [0.05, 0.1) is 18.1 Å². The predicted octanol–water partition coefficient (Wildman–Crippen LogP) is 3.13. The van der Waals surface area contributed by atoms with E-state index in [1.54, 1.807) is 6.07 Å². The zero-order valence-electron chi connectivity index (χ0n) is 14.2. The summed E-state index contributed by atoms with van der Waals surface area (Å²) in [5.74, 6) is 0.376. The van der Waals surface area contributed by atoms with Crippen molar-refractivity contribution in [2.75, 3.05) is 26.3 Å². The Morgan fingerprint density at radius 1 is 1.14 bits per heavy atom. The summed E-state index contributed by atoms with van der Waals surface area (Å²) in [6.45, 7) is 12.2. The third kappa shape index (κ3) is 3.53. The molecule has 0 saturated carbocycles. The van der Waals surface area contributed by atoms with Gasteiger partial charge in [-0.15, -0.1) is 0 Å². The van der Waals surface area contributed by atoms with Crippen molar-refractivity contribution in [3.8, 4) is 0 Å². The Labute approximate surface area is 134 Å². The van der Waals surface area contributed by atoms with E-state index in [-0.39, 0.29) is 5.41 Å². The second kappa shape index (κ2) is 6.30. The molecule has 0 spiro atoms. The van der Waals surface area contributed by atoms with Gasteiger partial charge in [0.1, 0.15) is 0 Å². The van der Waals surface area contributed by atoms with Crippen molar-refractivity contribution >= 4 is 10.0 Å². The van der Waals surface area contributed by atoms with Crippen molar-refractivity contribution in [3.63, 3.8) is 0 Å². The summed E-state index contributed by atoms with van der Waals surface area (Å²) in [5.41, 5.74) is 1.84. The van der Waals surface area contributed by atoms with Crippen molar-refractivity contribution in [3.05, 3.63) is 29.3 Å². The maximum atomic E-state index is 13.0. The molecular weight excluding hydrogens is 298 g/mol. The summed E-state index contributed by atoms with van der Waals surface area (Å²) in [4.78, 5) is 0.436. The lowest BCUT2D eigenvalue weighted by Crippen LogP contribution is -2.41. The van der Waals surface area contributed by atoms with E-state index in [0.717, 1.165) is 5.56 Å². The maximum absolute atomic E-state index is 13.0. The van der Waals surface area contributed by atoms with Gasteiger partial charge in [-0.3, -0.25) is 0 Å². The lowest BCUT2D eigenvalue weighted by molar-refractivity contribution is 0.0730. The number of hydrogen-bond donors (Lipinski definition) is 0. The van der Waals surface area contributed by atoms with Gasteiger partial charge >= 0.3 is 0 Å². The van der Waals surface area contributed by atoms with Crippen molar-refractivity contribution in [1.82, 2.24) is 4.31 Å². The third-order valence-electron chi connectivity index (χ3n) is 4.07. The Morgan fingerprint density at radius 2 is 1.73 bits per heavy atom. The molecule has 0 unspecified atom stereocenters. The number of nitrogens with zero attached hydrogens (tertiary/aromatic N) is 1. The summed E-state index contributed by atoms with van der Waals surface area (Å²) in [6.07, 6.45) is 0. The fourth-order valence-corrected chi connectivity index (χ4v) is 4.43. The highest BCUT2D eigenvalue weighted by Gasteiger charge is 2.31. The van der Waals surface area contributed by atoms with Gasteiger partial charge in [0.15, 0.2) is 0 Å². The first kappa shape index (κ1) is 17.4. The first-order chi connectivity index (χ1) is 10.1. The average Bonchev–Trinajstić information content (AvgIpc) is 2.46. The highest BCUT2D eigenvalue weighted by molar-refractivity contribution is 7.89. The average molecular weight is 325 g/mol. The van der Waals surface area contributed by atoms with Crippen LogP contribution < -0.4 is 0 Å². The van der Waals surface area contributed by atoms with Gasteiger partial charge in [-0.05, 0) is 28.5 Å². The minimum Gasteiger partial charge on any atom is -0.379 e. The number of morpholine rings is 1. The topological polar surface area (TPSA) is 46.6 Å². The molecule has 0 aliphatic carbocycles. The Balaban J connectivity index is 2.54. The second-order valence-corrected chi connectivity index (χ2v) is 9.08. The molecule has 0 aromatic heterocycles. The Hall–Kier alpha value is -0.910. The molecule has 1 aliphatic heterocycles. The molecule has 124 valence electrons. The van der Waals surface area contributed by atoms with E-state index in [0.29, 0.717) is 37.1 Å². The Morgan fingerprint density at radius 3 is 2.23 bits per heavy atom. The molecule has 0 bridgehead atoms. The molecule has 0 amide bonds. The summed E-state index contributed by atoms with van der Waals surface area (Å²) < 4.78 is 32.8. The van der Waals surface area contributed by atoms with Crippen molar-refractivity contribution in [1.29, 1.82) is 0 Å². The standard InChI is InChI=1S/C17H27NO3S/c1-13(2)14-6-7-16(15(12-14)17(3,4)5)22(19,20)18-8-10-21-11-9-18/h6-7,12-13H,8-11H2,1-5H3. The number of hydrogen-bond acceptors (Lipinski definition) is 3. The van der Waals surface area contributed by atoms with Crippen molar-refractivity contribution in [2.24, 2.45) is 0 Å². The van der Waals surface area contributed by atoms with Gasteiger partial charge < -0.3 is 4.74 Å². The van der Waals surface area contributed by atoms with E-state index in [4.69, 9.17) is 4.74 Å². The summed E-state index contributed by atoms with van der Waals surface area (Å²) in [5, 5.41) is 0. The molecule has 4 nitrogen and oxygen atoms in total. The minimum absolute atomic E-state index is 0.223. The molecule has 0 radical (unpaired) electrons. The molecule has 2 rings (SSSR count). The van der Waals surface area contributed by atoms with E-state index in [9.17, 15) is 8.42 Å². The normalized spacial score (nSPS) is 17.9. The van der Waals surface area contributed by atoms with Crippen LogP contribution in [0.25, 0.3) is 0 Å². The van der Waals surface area contributed by atoms with Crippen LogP contribution >= 0.6 is 0 Å². The summed E-state index contributed by atoms with van der Waals surface area (Å²) in [7, 11) is -3.46. The van der Waals surface area contributed by atoms with Crippen molar-refractivity contribution in [2.45, 2.75) is 50.8 Å². The van der Waals surface area contributed by atoms with Gasteiger partial charge in [0.25, 0.3) is 0 Å². The predicted molar refractivity (Wildman–Crippen MR) is 88.8 cm³/mol. The molecule has 22 heavy (non-hydrogen) atoms. The van der Waals surface area contributed by atoms with Crippen LogP contribution in [0, 0.1) is 0 Å². The first-order valence-electron chi connectivity index (χ1n) is 7.86. The quantitative estimate of drug-likeness (QED) is 0.858. The highest BCUT2D eigenvalue weighted by Crippen LogP contribution is 2.33. The van der Waals surface area contributed by atoms with Crippen LogP contribution in [0.15, 0.2) is 23.1 Å². The number of benzene rings is 1. The zero-order chi connectivity index (χ0) is 16.5. The largest absolute Gasteiger partial charge is 0.379 e. The van der Waals surface area contributed by atoms with Crippen molar-refractivity contribution < 1.29 is 13.2 Å². The zero-order valence-corrected chi connectivity index (χ0v) is 15.0. The molecule has 1 saturated heterocycles. The van der Waals surface area contributed by atoms with Gasteiger partial charge in [0.2, 0.25) is 10.0 Å². The molecule has 0 N–H and O–H groups in total. The van der Waals surface area contributed by atoms with E-state index >= 15 is 0 Å². The molecule has 1 fully saturated rings. The summed E-state index contributed by atoms with van der Waals surface area (Å²) >= 11 is 0. The van der Waals surface area contributed by atoms with Gasteiger partial charge in [0, 0.05) is 13.1 Å². The maximum Gasteiger partial charge on any atom is 0.243 e. The third-order valence-corrected chi connectivity index (χ3v) is 6.02. The van der Waals surface area contributed by atoms with Crippen LogP contribution in [0.2, 0.25) is 0 Å². The number of ether oxygens (including phenoxy) is 1.